The Bertz CT molecular complexity index is 7930. The van der Waals surface area contributed by atoms with E-state index in [-0.39, 0.29) is 12.0 Å². The van der Waals surface area contributed by atoms with Crippen LogP contribution in [0.3, 0.4) is 0 Å². The van der Waals surface area contributed by atoms with Crippen LogP contribution in [0.4, 0.5) is 0 Å². The normalized spacial score (nSPS) is 17.7. The van der Waals surface area contributed by atoms with Crippen LogP contribution in [0, 0.1) is 5.92 Å². The van der Waals surface area contributed by atoms with E-state index in [0.717, 1.165) is 171 Å². The first-order valence-corrected chi connectivity index (χ1v) is 40.0. The van der Waals surface area contributed by atoms with Crippen molar-refractivity contribution in [3.63, 3.8) is 0 Å². The van der Waals surface area contributed by atoms with Crippen LogP contribution in [-0.4, -0.2) is 23.1 Å². The smallest absolute Gasteiger partial charge is 0.161 e. The van der Waals surface area contributed by atoms with Gasteiger partial charge in [-0.25, -0.2) is 15.0 Å². The summed E-state index contributed by atoms with van der Waals surface area (Å²) < 4.78 is 23.2. The molecule has 2 aliphatic rings. The summed E-state index contributed by atoms with van der Waals surface area (Å²) in [6.07, 6.45) is 10.8. The second-order valence-electron chi connectivity index (χ2n) is 30.2. The van der Waals surface area contributed by atoms with Crippen LogP contribution in [0.1, 0.15) is 46.3 Å². The maximum Gasteiger partial charge on any atom is 0.161 e. The molecule has 21 aromatic rings. The number of benzene rings is 17. The van der Waals surface area contributed by atoms with E-state index in [9.17, 15) is 0 Å². The lowest BCUT2D eigenvalue weighted by molar-refractivity contribution is 0.573. The summed E-state index contributed by atoms with van der Waals surface area (Å²) in [7, 11) is 0. The third-order valence-electron chi connectivity index (χ3n) is 23.4. The van der Waals surface area contributed by atoms with Gasteiger partial charge in [0.1, 0.15) is 33.5 Å². The predicted octanol–water partition coefficient (Wildman–Crippen LogP) is 29.1. The Morgan fingerprint density at radius 2 is 0.843 bits per heavy atom. The first kappa shape index (κ1) is 66.1. The van der Waals surface area contributed by atoms with Gasteiger partial charge in [0, 0.05) is 97.4 Å². The second-order valence-corrected chi connectivity index (χ2v) is 31.2. The van der Waals surface area contributed by atoms with Crippen LogP contribution >= 0.6 is 11.3 Å². The average Bonchev–Trinajstić information content (AvgIpc) is 1.61. The summed E-state index contributed by atoms with van der Waals surface area (Å²) in [5, 5.41) is 17.9. The van der Waals surface area contributed by atoms with Crippen molar-refractivity contribution in [1.82, 2.24) is 0 Å². The lowest BCUT2D eigenvalue weighted by Crippen LogP contribution is -2.15. The maximum absolute atomic E-state index is 7.06. The van der Waals surface area contributed by atoms with E-state index in [1.165, 1.54) is 52.7 Å². The standard InChI is InChI=1S/C107H66N4O3S/c1-63-41-55-93(66-22-3-2-4-23-66)110-107(111-103(63)90-60-72-25-7-8-28-75(72)77-29-9-10-30-78(77)90)87-53-51-76(104-101(87)84-34-14-17-39-95(84)113-104)73-48-50-80-89-59-71(49-56-98(89)115-99(80)61-73)70-27-19-26-69(57-70)65-42-45-67(46-43-65)91-36-20-37-92(74-47-44-64-21-5-6-24-68(64)58-74)109-106(108-91)86-54-52-82(105-102(86)85-35-15-18-40-96(85)114-105)88-62-97-100(81-32-12-11-31-79(81)88)83-33-13-16-38-94(83)112-97/h2-63,103H,1H3/b36-20?,37-20+,55-41+,91-36+,92-37?,108-91?,108-106-,109-92+,109-106?,110-93+,111-107-. The molecule has 0 bridgehead atoms. The Kier molecular flexibility index (Phi) is 15.4. The largest absolute Gasteiger partial charge is 0.456 e. The fourth-order valence-electron chi connectivity index (χ4n) is 17.8. The zero-order valence-electron chi connectivity index (χ0n) is 62.3. The van der Waals surface area contributed by atoms with E-state index in [0.29, 0.717) is 11.7 Å². The third-order valence-corrected chi connectivity index (χ3v) is 24.6. The Morgan fingerprint density at radius 1 is 0.287 bits per heavy atom. The number of thiophene rings is 1. The number of hydrogen-bond acceptors (Lipinski definition) is 8. The van der Waals surface area contributed by atoms with Gasteiger partial charge in [-0.05, 0) is 185 Å². The molecule has 2 atom stereocenters. The number of nitrogens with zero attached hydrogens (tertiary/aromatic N) is 4. The fraction of sp³-hybridized carbons (Fsp3) is 0.0280. The van der Waals surface area contributed by atoms with E-state index >= 15 is 0 Å². The molecular formula is C107H66N4O3S. The van der Waals surface area contributed by atoms with Crippen molar-refractivity contribution in [1.29, 1.82) is 0 Å². The number of para-hydroxylation sites is 3. The molecule has 0 spiro atoms. The number of rotatable bonds is 10. The molecule has 0 aliphatic carbocycles. The van der Waals surface area contributed by atoms with Crippen molar-refractivity contribution in [2.24, 2.45) is 25.9 Å². The average molecular weight is 1490 g/mol. The van der Waals surface area contributed by atoms with Gasteiger partial charge in [-0.1, -0.05) is 274 Å². The molecule has 0 N–H and O–H groups in total. The van der Waals surface area contributed by atoms with E-state index in [2.05, 4.69) is 347 Å². The fourth-order valence-corrected chi connectivity index (χ4v) is 18.9. The van der Waals surface area contributed by atoms with Gasteiger partial charge in [0.05, 0.1) is 23.2 Å². The number of amidine groups is 2. The highest BCUT2D eigenvalue weighted by Gasteiger charge is 2.29. The zero-order valence-corrected chi connectivity index (χ0v) is 63.1. The summed E-state index contributed by atoms with van der Waals surface area (Å²) in [4.78, 5) is 22.7. The molecule has 115 heavy (non-hydrogen) atoms. The monoisotopic (exact) mass is 1490 g/mol. The summed E-state index contributed by atoms with van der Waals surface area (Å²) in [5.41, 5.74) is 21.7. The number of allylic oxidation sites excluding steroid dienone is 4. The van der Waals surface area contributed by atoms with Gasteiger partial charge in [-0.15, -0.1) is 11.3 Å². The molecule has 6 heterocycles. The first-order chi connectivity index (χ1) is 56.9. The van der Waals surface area contributed by atoms with Crippen molar-refractivity contribution in [2.45, 2.75) is 13.0 Å². The molecular weight excluding hydrogens is 1420 g/mol. The highest BCUT2D eigenvalue weighted by atomic mass is 32.1. The molecule has 2 aliphatic heterocycles. The number of aliphatic imine (C=N–C) groups is 4. The van der Waals surface area contributed by atoms with Gasteiger partial charge in [0.2, 0.25) is 0 Å². The van der Waals surface area contributed by atoms with Crippen molar-refractivity contribution >= 4 is 169 Å². The second kappa shape index (κ2) is 26.8. The molecule has 8 heteroatoms. The lowest BCUT2D eigenvalue weighted by atomic mass is 9.87. The van der Waals surface area contributed by atoms with Crippen molar-refractivity contribution in [3.05, 3.63) is 403 Å². The summed E-state index contributed by atoms with van der Waals surface area (Å²) in [6, 6.07) is 121. The number of hydrogen-bond donors (Lipinski definition) is 0. The van der Waals surface area contributed by atoms with E-state index in [1.807, 2.05) is 41.7 Å². The zero-order chi connectivity index (χ0) is 75.8. The highest BCUT2D eigenvalue weighted by molar-refractivity contribution is 7.25. The van der Waals surface area contributed by atoms with Gasteiger partial charge in [0.15, 0.2) is 11.7 Å². The Morgan fingerprint density at radius 3 is 1.62 bits per heavy atom. The quantitative estimate of drug-likeness (QED) is 0.128. The summed E-state index contributed by atoms with van der Waals surface area (Å²) in [6.45, 7) is 2.28. The molecule has 2 unspecified atom stereocenters. The minimum atomic E-state index is -0.247. The van der Waals surface area contributed by atoms with Gasteiger partial charge in [-0.3, -0.25) is 4.99 Å². The molecule has 0 radical (unpaired) electrons. The van der Waals surface area contributed by atoms with Gasteiger partial charge >= 0.3 is 0 Å². The minimum Gasteiger partial charge on any atom is -0.456 e. The Balaban J connectivity index is 0.589. The van der Waals surface area contributed by atoms with E-state index in [4.69, 9.17) is 33.2 Å². The van der Waals surface area contributed by atoms with E-state index < -0.39 is 0 Å². The van der Waals surface area contributed by atoms with Crippen LogP contribution in [0.15, 0.2) is 403 Å². The van der Waals surface area contributed by atoms with Gasteiger partial charge in [0.25, 0.3) is 0 Å². The van der Waals surface area contributed by atoms with Crippen LogP contribution in [0.2, 0.25) is 0 Å². The first-order valence-electron chi connectivity index (χ1n) is 39.1. The number of fused-ring (bicyclic) bond motifs is 18. The molecule has 17 aromatic carbocycles. The van der Waals surface area contributed by atoms with Crippen LogP contribution < -0.4 is 0 Å². The molecule has 23 rings (SSSR count). The van der Waals surface area contributed by atoms with Crippen molar-refractivity contribution < 1.29 is 13.3 Å². The van der Waals surface area contributed by atoms with Gasteiger partial charge in [-0.2, -0.15) is 0 Å². The van der Waals surface area contributed by atoms with Gasteiger partial charge < -0.3 is 13.3 Å². The topological polar surface area (TPSA) is 88.9 Å². The Labute approximate surface area is 664 Å². The number of furan rings is 3. The van der Waals surface area contributed by atoms with E-state index in [1.54, 1.807) is 0 Å². The van der Waals surface area contributed by atoms with Crippen LogP contribution in [0.25, 0.3) is 179 Å². The predicted molar refractivity (Wildman–Crippen MR) is 483 cm³/mol. The molecule has 7 nitrogen and oxygen atoms in total. The molecule has 0 fully saturated rings. The molecule has 538 valence electrons. The lowest BCUT2D eigenvalue weighted by Gasteiger charge is -2.24. The summed E-state index contributed by atoms with van der Waals surface area (Å²) in [5.74, 6) is 1.26. The minimum absolute atomic E-state index is 0.0282. The van der Waals surface area contributed by atoms with Crippen LogP contribution in [-0.2, 0) is 0 Å². The molecule has 0 amide bonds. The molecule has 4 aromatic heterocycles. The highest BCUT2D eigenvalue weighted by Crippen LogP contribution is 2.48. The third kappa shape index (κ3) is 11.2. The maximum atomic E-state index is 7.06. The van der Waals surface area contributed by atoms with Crippen molar-refractivity contribution in [2.75, 3.05) is 0 Å². The van der Waals surface area contributed by atoms with Crippen LogP contribution in [0.5, 0.6) is 0 Å². The summed E-state index contributed by atoms with van der Waals surface area (Å²) >= 11 is 1.82. The Hall–Kier alpha value is -14.7. The van der Waals surface area contributed by atoms with Crippen molar-refractivity contribution in [3.8, 4) is 44.5 Å². The molecule has 0 saturated carbocycles. The molecule has 0 saturated heterocycles. The SMILES string of the molecule is CC1/C=C/C(c2ccccc2)=N\C(c2ccc(-c3ccc4c(c3)sc3ccc(-c5cccc(-c6ccc(C7=C\C=C\C(c8ccc9ccccc9c8)=N/C(c8ccc(-c9cc%10oc%11ccccc%11c%10c%10ccccc9%10)c9oc%10ccccc%10c89)=N\7)cc6)c5)cc34)c3oc4ccccc4c23)=N/C1c1cc2ccccc2c2ccccc12.